The van der Waals surface area contributed by atoms with E-state index in [1.54, 1.807) is 7.05 Å². The van der Waals surface area contributed by atoms with Gasteiger partial charge in [0.1, 0.15) is 5.75 Å². The van der Waals surface area contributed by atoms with E-state index in [0.29, 0.717) is 10.1 Å². The Morgan fingerprint density at radius 3 is 2.68 bits per heavy atom. The molecule has 2 heterocycles. The Balaban J connectivity index is 1.82. The first kappa shape index (κ1) is 17.4. The Labute approximate surface area is 150 Å². The van der Waals surface area contributed by atoms with Crippen molar-refractivity contribution < 1.29 is 14.6 Å². The van der Waals surface area contributed by atoms with E-state index in [2.05, 4.69) is 10.2 Å². The zero-order valence-electron chi connectivity index (χ0n) is 14.3. The van der Waals surface area contributed by atoms with Gasteiger partial charge in [0.2, 0.25) is 5.13 Å². The monoisotopic (exact) mass is 360 g/mol. The van der Waals surface area contributed by atoms with Gasteiger partial charge < -0.3 is 14.7 Å². The fourth-order valence-electron chi connectivity index (χ4n) is 2.47. The third-order valence-electron chi connectivity index (χ3n) is 3.80. The second kappa shape index (κ2) is 7.20. The number of likely N-dealkylation sites (N-methyl/N-ethyl adjacent to an activating group) is 1. The maximum Gasteiger partial charge on any atom is 0.328 e. The van der Waals surface area contributed by atoms with E-state index in [1.807, 2.05) is 50.3 Å². The highest BCUT2D eigenvalue weighted by atomic mass is 32.1. The van der Waals surface area contributed by atoms with Crippen LogP contribution >= 0.6 is 11.3 Å². The maximum atomic E-state index is 12.1. The van der Waals surface area contributed by atoms with Crippen LogP contribution in [0.5, 0.6) is 5.75 Å². The number of benzene rings is 1. The molecular weight excluding hydrogens is 340 g/mol. The molecule has 1 saturated heterocycles. The average molecular weight is 360 g/mol. The zero-order chi connectivity index (χ0) is 18.0. The molecule has 2 atom stereocenters. The number of amides is 2. The van der Waals surface area contributed by atoms with Gasteiger partial charge in [-0.3, -0.25) is 0 Å². The van der Waals surface area contributed by atoms with E-state index in [-0.39, 0.29) is 12.6 Å². The lowest BCUT2D eigenvalue weighted by Gasteiger charge is -2.15. The minimum absolute atomic E-state index is 0.242. The topological polar surface area (TPSA) is 78.8 Å². The molecule has 2 aromatic rings. The molecule has 7 nitrogen and oxygen atoms in total. The largest absolute Gasteiger partial charge is 0.479 e. The Morgan fingerprint density at radius 2 is 2.08 bits per heavy atom. The molecule has 0 radical (unpaired) electrons. The number of aromatic nitrogens is 2. The lowest BCUT2D eigenvalue weighted by atomic mass is 10.2. The number of aliphatic hydroxyl groups is 1. The number of hydrogen-bond acceptors (Lipinski definition) is 6. The number of aliphatic hydroxyl groups excluding tert-OH is 1. The lowest BCUT2D eigenvalue weighted by Crippen LogP contribution is -2.34. The van der Waals surface area contributed by atoms with Gasteiger partial charge in [0, 0.05) is 7.05 Å². The molecule has 1 aliphatic rings. The number of carbonyl (C=O) groups excluding carboxylic acids is 1. The molecule has 0 aliphatic carbocycles. The fraction of sp³-hybridized carbons (Fsp3) is 0.353. The van der Waals surface area contributed by atoms with Crippen LogP contribution < -0.4 is 9.64 Å². The van der Waals surface area contributed by atoms with Crippen molar-refractivity contribution in [1.29, 1.82) is 0 Å². The summed E-state index contributed by atoms with van der Waals surface area (Å²) in [6, 6.07) is 7.45. The van der Waals surface area contributed by atoms with Crippen molar-refractivity contribution in [3.05, 3.63) is 47.0 Å². The van der Waals surface area contributed by atoms with Gasteiger partial charge in [0.05, 0.1) is 6.54 Å². The summed E-state index contributed by atoms with van der Waals surface area (Å²) in [6.45, 7) is 4.15. The first-order chi connectivity index (χ1) is 12.0. The van der Waals surface area contributed by atoms with Crippen LogP contribution in [0, 0.1) is 6.92 Å². The number of urea groups is 1. The van der Waals surface area contributed by atoms with E-state index in [0.717, 1.165) is 11.3 Å². The summed E-state index contributed by atoms with van der Waals surface area (Å²) in [5, 5.41) is 19.2. The molecule has 132 valence electrons. The highest BCUT2D eigenvalue weighted by molar-refractivity contribution is 7.15. The third-order valence-corrected chi connectivity index (χ3v) is 4.78. The molecule has 1 N–H and O–H groups in total. The van der Waals surface area contributed by atoms with Crippen LogP contribution in [-0.4, -0.2) is 46.1 Å². The number of hydrogen-bond donors (Lipinski definition) is 1. The molecule has 1 aromatic carbocycles. The first-order valence-electron chi connectivity index (χ1n) is 7.91. The summed E-state index contributed by atoms with van der Waals surface area (Å²) in [6.07, 6.45) is 2.42. The normalized spacial score (nSPS) is 19.0. The molecular formula is C17H20N4O3S. The number of allylic oxidation sites excluding steroid dienone is 1. The van der Waals surface area contributed by atoms with Crippen molar-refractivity contribution in [2.45, 2.75) is 26.2 Å². The molecule has 1 fully saturated rings. The summed E-state index contributed by atoms with van der Waals surface area (Å²) in [5.41, 5.74) is 1.15. The van der Waals surface area contributed by atoms with Crippen LogP contribution in [0.15, 0.2) is 36.4 Å². The zero-order valence-corrected chi connectivity index (χ0v) is 15.1. The molecule has 8 heteroatoms. The average Bonchev–Trinajstić information content (AvgIpc) is 3.14. The quantitative estimate of drug-likeness (QED) is 0.830. The number of rotatable bonds is 5. The van der Waals surface area contributed by atoms with Crippen LogP contribution in [0.3, 0.4) is 0 Å². The van der Waals surface area contributed by atoms with Gasteiger partial charge in [-0.2, -0.15) is 0 Å². The highest BCUT2D eigenvalue weighted by Crippen LogP contribution is 2.32. The summed E-state index contributed by atoms with van der Waals surface area (Å²) in [5.74, 6) is 0.725. The van der Waals surface area contributed by atoms with Crippen molar-refractivity contribution in [3.63, 3.8) is 0 Å². The molecule has 25 heavy (non-hydrogen) atoms. The van der Waals surface area contributed by atoms with Crippen molar-refractivity contribution in [2.75, 3.05) is 18.5 Å². The lowest BCUT2D eigenvalue weighted by molar-refractivity contribution is 0.183. The van der Waals surface area contributed by atoms with E-state index in [1.165, 1.54) is 21.1 Å². The summed E-state index contributed by atoms with van der Waals surface area (Å²) < 4.78 is 5.99. The van der Waals surface area contributed by atoms with E-state index in [4.69, 9.17) is 4.74 Å². The number of nitrogens with zero attached hydrogens (tertiary/aromatic N) is 4. The van der Waals surface area contributed by atoms with Gasteiger partial charge in [-0.25, -0.2) is 9.69 Å². The van der Waals surface area contributed by atoms with E-state index in [9.17, 15) is 9.90 Å². The number of β-amino-alcohol motifs (C(OH)–C–C–N with tert-alkyl or cyclic N) is 1. The summed E-state index contributed by atoms with van der Waals surface area (Å²) in [7, 11) is 1.64. The Hall–Kier alpha value is -2.45. The maximum absolute atomic E-state index is 12.1. The Bertz CT molecular complexity index is 774. The predicted molar refractivity (Wildman–Crippen MR) is 95.8 cm³/mol. The standard InChI is InChI=1S/C17H20N4O3S/c1-4-5-13(24-12-8-6-11(2)7-9-12)15-18-19-16(25-15)21-14(22)10-20(3)17(21)23/h4-9,13-14,22H,10H2,1-3H3. The third kappa shape index (κ3) is 3.64. The number of aryl methyl sites for hydroxylation is 1. The molecule has 0 spiro atoms. The summed E-state index contributed by atoms with van der Waals surface area (Å²) >= 11 is 1.23. The molecule has 0 saturated carbocycles. The van der Waals surface area contributed by atoms with Crippen molar-refractivity contribution in [1.82, 2.24) is 15.1 Å². The van der Waals surface area contributed by atoms with E-state index >= 15 is 0 Å². The van der Waals surface area contributed by atoms with Crippen molar-refractivity contribution in [2.24, 2.45) is 0 Å². The van der Waals surface area contributed by atoms with Gasteiger partial charge >= 0.3 is 6.03 Å². The second-order valence-corrected chi connectivity index (χ2v) is 6.80. The van der Waals surface area contributed by atoms with Gasteiger partial charge in [0.25, 0.3) is 0 Å². The van der Waals surface area contributed by atoms with Crippen LogP contribution in [-0.2, 0) is 0 Å². The Morgan fingerprint density at radius 1 is 1.36 bits per heavy atom. The van der Waals surface area contributed by atoms with E-state index < -0.39 is 12.3 Å². The molecule has 2 unspecified atom stereocenters. The van der Waals surface area contributed by atoms with Gasteiger partial charge in [-0.1, -0.05) is 35.1 Å². The van der Waals surface area contributed by atoms with Gasteiger partial charge in [0.15, 0.2) is 17.3 Å². The molecule has 0 bridgehead atoms. The first-order valence-corrected chi connectivity index (χ1v) is 8.73. The second-order valence-electron chi connectivity index (χ2n) is 5.81. The van der Waals surface area contributed by atoms with Crippen molar-refractivity contribution in [3.8, 4) is 5.75 Å². The molecule has 1 aliphatic heterocycles. The molecule has 3 rings (SSSR count). The fourth-order valence-corrected chi connectivity index (χ4v) is 3.37. The highest BCUT2D eigenvalue weighted by Gasteiger charge is 2.37. The number of anilines is 1. The smallest absolute Gasteiger partial charge is 0.328 e. The van der Waals surface area contributed by atoms with Crippen molar-refractivity contribution >= 4 is 22.5 Å². The van der Waals surface area contributed by atoms with Crippen LogP contribution in [0.25, 0.3) is 0 Å². The van der Waals surface area contributed by atoms with Crippen LogP contribution in [0.2, 0.25) is 0 Å². The predicted octanol–water partition coefficient (Wildman–Crippen LogP) is 2.73. The minimum Gasteiger partial charge on any atom is -0.479 e. The number of carbonyl (C=O) groups is 1. The summed E-state index contributed by atoms with van der Waals surface area (Å²) in [4.78, 5) is 14.8. The Kier molecular flexibility index (Phi) is 5.00. The molecule has 1 aromatic heterocycles. The van der Waals surface area contributed by atoms with Crippen LogP contribution in [0.4, 0.5) is 9.93 Å². The molecule has 2 amide bonds. The SMILES string of the molecule is CC=CC(Oc1ccc(C)cc1)c1nnc(N2C(=O)N(C)CC2O)s1. The van der Waals surface area contributed by atoms with Crippen LogP contribution in [0.1, 0.15) is 23.6 Å². The number of ether oxygens (including phenoxy) is 1. The minimum atomic E-state index is -0.920. The van der Waals surface area contributed by atoms with Gasteiger partial charge in [-0.05, 0) is 32.1 Å². The van der Waals surface area contributed by atoms with Gasteiger partial charge in [-0.15, -0.1) is 10.2 Å².